The SMILES string of the molecule is C1CC[NH2+]CC1.O=C([O-])[C@H]1C2c3ccccc3C(c3ccccc32)[C@H]1C(=O)N1CCCCC1. The summed E-state index contributed by atoms with van der Waals surface area (Å²) in [7, 11) is 0. The van der Waals surface area contributed by atoms with E-state index < -0.39 is 17.8 Å². The molecule has 2 bridgehead atoms. The fourth-order valence-corrected chi connectivity index (χ4v) is 6.48. The van der Waals surface area contributed by atoms with Gasteiger partial charge in [-0.05, 0) is 60.8 Å². The predicted molar refractivity (Wildman–Crippen MR) is 124 cm³/mol. The Labute approximate surface area is 196 Å². The van der Waals surface area contributed by atoms with E-state index in [-0.39, 0.29) is 17.7 Å². The zero-order chi connectivity index (χ0) is 22.8. The standard InChI is InChI=1S/C23H23NO3.C5H11N/c25-22(24-12-6-1-7-13-24)20-18-14-8-2-4-10-16(14)19(21(20)23(26)27)17-11-5-3-9-15(17)18;1-2-4-6-5-3-1/h2-5,8-11,18-21H,1,6-7,12-13H2,(H,26,27);6H,1-5H2/t18?,19?,20-,21+;/m1./s1. The number of amides is 1. The number of piperidine rings is 2. The second-order valence-corrected chi connectivity index (χ2v) is 9.90. The van der Waals surface area contributed by atoms with E-state index in [1.54, 1.807) is 0 Å². The minimum Gasteiger partial charge on any atom is -0.550 e. The molecule has 2 aromatic carbocycles. The lowest BCUT2D eigenvalue weighted by Crippen LogP contribution is -2.85. The van der Waals surface area contributed by atoms with Crippen LogP contribution < -0.4 is 10.4 Å². The Balaban J connectivity index is 0.000000332. The Bertz CT molecular complexity index is 951. The Kier molecular flexibility index (Phi) is 6.50. The van der Waals surface area contributed by atoms with E-state index in [2.05, 4.69) is 17.4 Å². The van der Waals surface area contributed by atoms with Crippen LogP contribution in [-0.4, -0.2) is 43.0 Å². The largest absolute Gasteiger partial charge is 0.550 e. The third-order valence-corrected chi connectivity index (χ3v) is 7.98. The van der Waals surface area contributed by atoms with E-state index in [1.165, 1.54) is 32.4 Å². The van der Waals surface area contributed by atoms with Gasteiger partial charge in [0, 0.05) is 36.8 Å². The van der Waals surface area contributed by atoms with Crippen LogP contribution in [0.15, 0.2) is 48.5 Å². The molecular weight excluding hydrogens is 412 g/mol. The summed E-state index contributed by atoms with van der Waals surface area (Å²) in [6.45, 7) is 4.21. The average Bonchev–Trinajstić information content (AvgIpc) is 2.89. The van der Waals surface area contributed by atoms with Gasteiger partial charge >= 0.3 is 0 Å². The molecule has 0 saturated carbocycles. The van der Waals surface area contributed by atoms with Gasteiger partial charge in [-0.15, -0.1) is 0 Å². The number of fused-ring (bicyclic) bond motifs is 1. The lowest BCUT2D eigenvalue weighted by atomic mass is 9.54. The molecule has 1 amide bonds. The smallest absolute Gasteiger partial charge is 0.227 e. The number of carbonyl (C=O) groups excluding carboxylic acids is 2. The van der Waals surface area contributed by atoms with Gasteiger partial charge in [-0.1, -0.05) is 48.5 Å². The molecule has 33 heavy (non-hydrogen) atoms. The minimum absolute atomic E-state index is 0.0112. The predicted octanol–water partition coefficient (Wildman–Crippen LogP) is 2.01. The van der Waals surface area contributed by atoms with Gasteiger partial charge in [0.1, 0.15) is 0 Å². The van der Waals surface area contributed by atoms with Crippen LogP contribution in [0.3, 0.4) is 0 Å². The molecule has 7 rings (SSSR count). The fourth-order valence-electron chi connectivity index (χ4n) is 6.48. The first kappa shape index (κ1) is 22.1. The third kappa shape index (κ3) is 4.08. The van der Waals surface area contributed by atoms with Gasteiger partial charge in [-0.25, -0.2) is 0 Å². The van der Waals surface area contributed by atoms with Crippen molar-refractivity contribution in [2.45, 2.75) is 50.4 Å². The van der Waals surface area contributed by atoms with Gasteiger partial charge in [0.15, 0.2) is 0 Å². The molecular formula is C28H34N2O3. The number of carboxylic acids is 1. The molecule has 2 atom stereocenters. The number of aliphatic carboxylic acids is 1. The van der Waals surface area contributed by atoms with Crippen molar-refractivity contribution < 1.29 is 20.0 Å². The highest BCUT2D eigenvalue weighted by Gasteiger charge is 2.53. The molecule has 2 N–H and O–H groups in total. The summed E-state index contributed by atoms with van der Waals surface area (Å²) in [6, 6.07) is 16.0. The van der Waals surface area contributed by atoms with Crippen LogP contribution in [0.5, 0.6) is 0 Å². The molecule has 0 radical (unpaired) electrons. The second-order valence-electron chi connectivity index (χ2n) is 9.90. The number of hydrogen-bond donors (Lipinski definition) is 1. The average molecular weight is 447 g/mol. The molecule has 3 aliphatic carbocycles. The van der Waals surface area contributed by atoms with Gasteiger partial charge in [-0.2, -0.15) is 0 Å². The van der Waals surface area contributed by atoms with Gasteiger partial charge < -0.3 is 20.1 Å². The highest BCUT2D eigenvalue weighted by atomic mass is 16.4. The Morgan fingerprint density at radius 3 is 1.55 bits per heavy atom. The molecule has 2 fully saturated rings. The van der Waals surface area contributed by atoms with Crippen LogP contribution in [0, 0.1) is 11.8 Å². The lowest BCUT2D eigenvalue weighted by molar-refractivity contribution is -0.662. The first-order valence-electron chi connectivity index (χ1n) is 12.7. The van der Waals surface area contributed by atoms with Gasteiger partial charge in [0.25, 0.3) is 0 Å². The number of nitrogens with two attached hydrogens (primary N) is 1. The molecule has 0 aromatic heterocycles. The lowest BCUT2D eigenvalue weighted by Gasteiger charge is -2.51. The minimum atomic E-state index is -1.11. The van der Waals surface area contributed by atoms with Crippen molar-refractivity contribution in [3.05, 3.63) is 70.8 Å². The van der Waals surface area contributed by atoms with Crippen molar-refractivity contribution in [2.75, 3.05) is 26.2 Å². The maximum atomic E-state index is 13.5. The molecule has 0 unspecified atom stereocenters. The summed E-state index contributed by atoms with van der Waals surface area (Å²) < 4.78 is 0. The van der Waals surface area contributed by atoms with Crippen LogP contribution in [-0.2, 0) is 9.59 Å². The summed E-state index contributed by atoms with van der Waals surface area (Å²) in [6.07, 6.45) is 7.48. The van der Waals surface area contributed by atoms with Crippen molar-refractivity contribution in [3.63, 3.8) is 0 Å². The van der Waals surface area contributed by atoms with E-state index in [0.717, 1.165) is 54.6 Å². The summed E-state index contributed by atoms with van der Waals surface area (Å²) in [5, 5.41) is 14.7. The van der Waals surface area contributed by atoms with Gasteiger partial charge in [-0.3, -0.25) is 4.79 Å². The zero-order valence-electron chi connectivity index (χ0n) is 19.2. The van der Waals surface area contributed by atoms with Crippen molar-refractivity contribution >= 4 is 11.9 Å². The van der Waals surface area contributed by atoms with Crippen molar-refractivity contribution in [3.8, 4) is 0 Å². The molecule has 2 saturated heterocycles. The van der Waals surface area contributed by atoms with Crippen molar-refractivity contribution in [2.24, 2.45) is 11.8 Å². The Morgan fingerprint density at radius 1 is 0.697 bits per heavy atom. The van der Waals surface area contributed by atoms with Crippen LogP contribution in [0.4, 0.5) is 0 Å². The molecule has 2 aliphatic heterocycles. The second kappa shape index (κ2) is 9.68. The molecule has 5 heteroatoms. The number of rotatable bonds is 2. The number of nitrogens with zero attached hydrogens (tertiary/aromatic N) is 1. The first-order chi connectivity index (χ1) is 16.2. The van der Waals surface area contributed by atoms with Crippen molar-refractivity contribution in [1.82, 2.24) is 4.90 Å². The molecule has 5 aliphatic rings. The molecule has 0 spiro atoms. The normalized spacial score (nSPS) is 27.6. The zero-order valence-corrected chi connectivity index (χ0v) is 19.2. The quantitative estimate of drug-likeness (QED) is 0.767. The monoisotopic (exact) mass is 446 g/mol. The van der Waals surface area contributed by atoms with E-state index in [4.69, 9.17) is 0 Å². The highest BCUT2D eigenvalue weighted by molar-refractivity contribution is 5.89. The van der Waals surface area contributed by atoms with Crippen molar-refractivity contribution in [1.29, 1.82) is 0 Å². The summed E-state index contributed by atoms with van der Waals surface area (Å²) in [5.41, 5.74) is 4.29. The van der Waals surface area contributed by atoms with Crippen LogP contribution in [0.1, 0.15) is 72.6 Å². The number of carbonyl (C=O) groups is 2. The molecule has 2 heterocycles. The third-order valence-electron chi connectivity index (χ3n) is 7.98. The fraction of sp³-hybridized carbons (Fsp3) is 0.500. The Hall–Kier alpha value is -2.66. The van der Waals surface area contributed by atoms with E-state index in [0.29, 0.717) is 0 Å². The van der Waals surface area contributed by atoms with E-state index in [9.17, 15) is 14.7 Å². The van der Waals surface area contributed by atoms with E-state index >= 15 is 0 Å². The number of likely N-dealkylation sites (tertiary alicyclic amines) is 1. The van der Waals surface area contributed by atoms with Crippen LogP contribution in [0.2, 0.25) is 0 Å². The number of quaternary nitrogens is 1. The van der Waals surface area contributed by atoms with Crippen LogP contribution >= 0.6 is 0 Å². The number of benzene rings is 2. The first-order valence-corrected chi connectivity index (χ1v) is 12.7. The topological polar surface area (TPSA) is 77.0 Å². The number of carboxylic acid groups (broad SMARTS) is 1. The maximum Gasteiger partial charge on any atom is 0.227 e. The molecule has 174 valence electrons. The summed E-state index contributed by atoms with van der Waals surface area (Å²) in [4.78, 5) is 27.7. The maximum absolute atomic E-state index is 13.5. The summed E-state index contributed by atoms with van der Waals surface area (Å²) >= 11 is 0. The van der Waals surface area contributed by atoms with Gasteiger partial charge in [0.05, 0.1) is 19.0 Å². The summed E-state index contributed by atoms with van der Waals surface area (Å²) in [5.74, 6) is -3.03. The van der Waals surface area contributed by atoms with Crippen LogP contribution in [0.25, 0.3) is 0 Å². The number of hydrogen-bond acceptors (Lipinski definition) is 3. The highest BCUT2D eigenvalue weighted by Crippen LogP contribution is 2.58. The van der Waals surface area contributed by atoms with E-state index in [1.807, 2.05) is 41.3 Å². The molecule has 5 nitrogen and oxygen atoms in total. The molecule has 2 aromatic rings. The Morgan fingerprint density at radius 2 is 1.15 bits per heavy atom. The van der Waals surface area contributed by atoms with Gasteiger partial charge in [0.2, 0.25) is 5.91 Å².